The van der Waals surface area contributed by atoms with Gasteiger partial charge in [0.1, 0.15) is 5.82 Å². The van der Waals surface area contributed by atoms with Crippen molar-refractivity contribution in [1.29, 1.82) is 0 Å². The van der Waals surface area contributed by atoms with Crippen LogP contribution in [-0.2, 0) is 4.79 Å². The van der Waals surface area contributed by atoms with Gasteiger partial charge in [-0.1, -0.05) is 47.5 Å². The van der Waals surface area contributed by atoms with Gasteiger partial charge in [0, 0.05) is 4.88 Å². The molecule has 1 heterocycles. The first-order valence-electron chi connectivity index (χ1n) is 8.56. The molecule has 27 heavy (non-hydrogen) atoms. The van der Waals surface area contributed by atoms with Gasteiger partial charge in [-0.15, -0.1) is 11.3 Å². The second-order valence-corrected chi connectivity index (χ2v) is 7.75. The van der Waals surface area contributed by atoms with E-state index >= 15 is 0 Å². The molecule has 6 heteroatoms. The van der Waals surface area contributed by atoms with E-state index in [9.17, 15) is 9.18 Å². The fourth-order valence-corrected chi connectivity index (χ4v) is 3.74. The molecule has 0 spiro atoms. The van der Waals surface area contributed by atoms with Crippen molar-refractivity contribution in [2.75, 3.05) is 5.32 Å². The summed E-state index contributed by atoms with van der Waals surface area (Å²) >= 11 is 7.64. The first-order valence-corrected chi connectivity index (χ1v) is 9.82. The molecule has 0 bridgehead atoms. The molecule has 0 aliphatic carbocycles. The van der Waals surface area contributed by atoms with Crippen LogP contribution in [0, 0.1) is 12.7 Å². The molecule has 0 radical (unpaired) electrons. The molecule has 3 nitrogen and oxygen atoms in total. The second-order valence-electron chi connectivity index (χ2n) is 6.36. The van der Waals surface area contributed by atoms with Crippen LogP contribution in [0.25, 0.3) is 0 Å². The lowest BCUT2D eigenvalue weighted by molar-refractivity contribution is -0.117. The Labute approximate surface area is 167 Å². The van der Waals surface area contributed by atoms with Crippen molar-refractivity contribution in [2.45, 2.75) is 25.9 Å². The third-order valence-electron chi connectivity index (χ3n) is 4.24. The Morgan fingerprint density at radius 3 is 2.52 bits per heavy atom. The van der Waals surface area contributed by atoms with Crippen LogP contribution in [0.15, 0.2) is 60.0 Å². The van der Waals surface area contributed by atoms with Crippen LogP contribution in [0.2, 0.25) is 5.02 Å². The van der Waals surface area contributed by atoms with E-state index in [0.717, 1.165) is 10.4 Å². The van der Waals surface area contributed by atoms with E-state index in [4.69, 9.17) is 11.6 Å². The monoisotopic (exact) mass is 402 g/mol. The molecule has 1 amide bonds. The summed E-state index contributed by atoms with van der Waals surface area (Å²) in [5, 5.41) is 8.32. The molecule has 0 saturated carbocycles. The zero-order chi connectivity index (χ0) is 19.4. The van der Waals surface area contributed by atoms with Gasteiger partial charge in [-0.25, -0.2) is 4.39 Å². The van der Waals surface area contributed by atoms with Crippen LogP contribution in [0.3, 0.4) is 0 Å². The van der Waals surface area contributed by atoms with E-state index in [0.29, 0.717) is 5.69 Å². The number of halogens is 2. The van der Waals surface area contributed by atoms with Crippen LogP contribution in [-0.4, -0.2) is 11.9 Å². The fourth-order valence-electron chi connectivity index (χ4n) is 2.71. The molecule has 2 aromatic carbocycles. The molecular formula is C21H20ClFN2OS. The maximum absolute atomic E-state index is 13.2. The number of carbonyl (C=O) groups excluding carboxylic acids is 1. The van der Waals surface area contributed by atoms with Gasteiger partial charge in [0.2, 0.25) is 5.91 Å². The quantitative estimate of drug-likeness (QED) is 0.567. The molecule has 0 saturated heterocycles. The van der Waals surface area contributed by atoms with Gasteiger partial charge >= 0.3 is 0 Å². The zero-order valence-electron chi connectivity index (χ0n) is 15.0. The lowest BCUT2D eigenvalue weighted by atomic mass is 10.0. The minimum atomic E-state index is -0.487. The summed E-state index contributed by atoms with van der Waals surface area (Å²) < 4.78 is 13.2. The van der Waals surface area contributed by atoms with E-state index in [1.54, 1.807) is 18.3 Å². The van der Waals surface area contributed by atoms with E-state index in [-0.39, 0.29) is 17.0 Å². The van der Waals surface area contributed by atoms with E-state index in [2.05, 4.69) is 34.9 Å². The first kappa shape index (κ1) is 19.5. The maximum atomic E-state index is 13.2. The van der Waals surface area contributed by atoms with Crippen LogP contribution in [0.4, 0.5) is 10.1 Å². The number of rotatable bonds is 6. The Kier molecular flexibility index (Phi) is 6.26. The number of carbonyl (C=O) groups is 1. The minimum Gasteiger partial charge on any atom is -0.323 e. The van der Waals surface area contributed by atoms with Crippen LogP contribution in [0.5, 0.6) is 0 Å². The molecule has 1 aromatic heterocycles. The Morgan fingerprint density at radius 1 is 1.15 bits per heavy atom. The van der Waals surface area contributed by atoms with Gasteiger partial charge in [0.05, 0.1) is 22.8 Å². The highest BCUT2D eigenvalue weighted by atomic mass is 35.5. The predicted molar refractivity (Wildman–Crippen MR) is 110 cm³/mol. The Hall–Kier alpha value is -2.21. The topological polar surface area (TPSA) is 41.1 Å². The summed E-state index contributed by atoms with van der Waals surface area (Å²) in [5.74, 6) is -0.682. The molecule has 140 valence electrons. The van der Waals surface area contributed by atoms with E-state index in [1.165, 1.54) is 23.8 Å². The summed E-state index contributed by atoms with van der Waals surface area (Å²) in [6.45, 7) is 3.83. The highest BCUT2D eigenvalue weighted by molar-refractivity contribution is 7.10. The van der Waals surface area contributed by atoms with Crippen molar-refractivity contribution < 1.29 is 9.18 Å². The van der Waals surface area contributed by atoms with Gasteiger partial charge in [-0.05, 0) is 49.1 Å². The molecular weight excluding hydrogens is 383 g/mol. The second kappa shape index (κ2) is 8.65. The number of anilines is 1. The number of hydrogen-bond acceptors (Lipinski definition) is 3. The SMILES string of the molecule is Cc1ccc([C@@H](N[C@@H](C)C(=O)Nc2ccc(F)cc2Cl)c2cccs2)cc1. The summed E-state index contributed by atoms with van der Waals surface area (Å²) in [7, 11) is 0. The number of thiophene rings is 1. The van der Waals surface area contributed by atoms with Crippen LogP contribution < -0.4 is 10.6 Å². The van der Waals surface area contributed by atoms with Crippen molar-refractivity contribution in [3.05, 3.63) is 86.8 Å². The van der Waals surface area contributed by atoms with Gasteiger partial charge in [0.25, 0.3) is 0 Å². The molecule has 2 atom stereocenters. The average Bonchev–Trinajstić information content (AvgIpc) is 3.17. The van der Waals surface area contributed by atoms with Gasteiger partial charge in [0.15, 0.2) is 0 Å². The third kappa shape index (κ3) is 4.95. The summed E-state index contributed by atoms with van der Waals surface area (Å²) in [5.41, 5.74) is 2.66. The zero-order valence-corrected chi connectivity index (χ0v) is 16.6. The van der Waals surface area contributed by atoms with Crippen molar-refractivity contribution in [1.82, 2.24) is 5.32 Å². The predicted octanol–water partition coefficient (Wildman–Crippen LogP) is 5.56. The lowest BCUT2D eigenvalue weighted by Gasteiger charge is -2.23. The third-order valence-corrected chi connectivity index (χ3v) is 5.49. The van der Waals surface area contributed by atoms with E-state index in [1.807, 2.05) is 24.4 Å². The Morgan fingerprint density at radius 2 is 1.89 bits per heavy atom. The standard InChI is InChI=1S/C21H20ClFN2OS/c1-13-5-7-15(8-6-13)20(19-4-3-11-27-19)24-14(2)21(26)25-18-10-9-16(23)12-17(18)22/h3-12,14,20,24H,1-2H3,(H,25,26)/t14-,20+/m0/s1. The number of hydrogen-bond donors (Lipinski definition) is 2. The molecule has 0 fully saturated rings. The van der Waals surface area contributed by atoms with Gasteiger partial charge < -0.3 is 5.32 Å². The van der Waals surface area contributed by atoms with Crippen molar-refractivity contribution in [3.8, 4) is 0 Å². The molecule has 3 aromatic rings. The molecule has 0 aliphatic rings. The highest BCUT2D eigenvalue weighted by Crippen LogP contribution is 2.27. The first-order chi connectivity index (χ1) is 12.9. The minimum absolute atomic E-state index is 0.102. The fraction of sp³-hybridized carbons (Fsp3) is 0.190. The van der Waals surface area contributed by atoms with E-state index < -0.39 is 11.9 Å². The highest BCUT2D eigenvalue weighted by Gasteiger charge is 2.22. The van der Waals surface area contributed by atoms with Crippen molar-refractivity contribution in [2.24, 2.45) is 0 Å². The lowest BCUT2D eigenvalue weighted by Crippen LogP contribution is -2.40. The smallest absolute Gasteiger partial charge is 0.241 e. The Bertz CT molecular complexity index is 912. The van der Waals surface area contributed by atoms with Gasteiger partial charge in [-0.3, -0.25) is 10.1 Å². The molecule has 2 N–H and O–H groups in total. The largest absolute Gasteiger partial charge is 0.323 e. The van der Waals surface area contributed by atoms with Gasteiger partial charge in [-0.2, -0.15) is 0 Å². The number of nitrogens with one attached hydrogen (secondary N) is 2. The molecule has 0 unspecified atom stereocenters. The summed E-state index contributed by atoms with van der Waals surface area (Å²) in [6, 6.07) is 15.6. The normalized spacial score (nSPS) is 13.2. The molecule has 3 rings (SSSR count). The van der Waals surface area contributed by atoms with Crippen LogP contribution >= 0.6 is 22.9 Å². The van der Waals surface area contributed by atoms with Crippen molar-refractivity contribution >= 4 is 34.5 Å². The summed E-state index contributed by atoms with van der Waals surface area (Å²) in [4.78, 5) is 13.7. The molecule has 0 aliphatic heterocycles. The Balaban J connectivity index is 1.76. The number of amides is 1. The number of benzene rings is 2. The summed E-state index contributed by atoms with van der Waals surface area (Å²) in [6.07, 6.45) is 0. The average molecular weight is 403 g/mol. The number of aryl methyl sites for hydroxylation is 1. The van der Waals surface area contributed by atoms with Crippen LogP contribution in [0.1, 0.15) is 29.0 Å². The maximum Gasteiger partial charge on any atom is 0.241 e. The van der Waals surface area contributed by atoms with Crippen molar-refractivity contribution in [3.63, 3.8) is 0 Å².